The maximum atomic E-state index is 13.3. The van der Waals surface area contributed by atoms with Crippen LogP contribution in [0.4, 0.5) is 5.69 Å². The van der Waals surface area contributed by atoms with Crippen molar-refractivity contribution in [1.29, 1.82) is 0 Å². The van der Waals surface area contributed by atoms with Crippen LogP contribution in [0.15, 0.2) is 48.0 Å². The number of aliphatic hydroxyl groups excluding tert-OH is 1. The van der Waals surface area contributed by atoms with Gasteiger partial charge in [0.1, 0.15) is 19.0 Å². The van der Waals surface area contributed by atoms with Crippen LogP contribution in [0.3, 0.4) is 0 Å². The van der Waals surface area contributed by atoms with Gasteiger partial charge >= 0.3 is 0 Å². The van der Waals surface area contributed by atoms with Crippen molar-refractivity contribution in [2.45, 2.75) is 12.5 Å². The minimum atomic E-state index is -0.974. The van der Waals surface area contributed by atoms with Crippen LogP contribution < -0.4 is 9.47 Å². The first kappa shape index (κ1) is 24.7. The number of likely N-dealkylation sites (tertiary alicyclic amines) is 1. The molecule has 11 heteroatoms. The zero-order chi connectivity index (χ0) is 25.9. The van der Waals surface area contributed by atoms with Gasteiger partial charge in [0, 0.05) is 43.9 Å². The zero-order valence-corrected chi connectivity index (χ0v) is 20.1. The van der Waals surface area contributed by atoms with E-state index >= 15 is 0 Å². The van der Waals surface area contributed by atoms with Crippen LogP contribution in [-0.2, 0) is 14.3 Å². The molecule has 0 aliphatic carbocycles. The number of carbonyl (C=O) groups excluding carboxylic acids is 2. The quantitative estimate of drug-likeness (QED) is 0.197. The van der Waals surface area contributed by atoms with Gasteiger partial charge in [-0.3, -0.25) is 24.6 Å². The lowest BCUT2D eigenvalue weighted by molar-refractivity contribution is -0.384. The number of nitro benzene ring substituents is 1. The first-order valence-electron chi connectivity index (χ1n) is 12.2. The number of hydrogen-bond acceptors (Lipinski definition) is 9. The third kappa shape index (κ3) is 5.00. The van der Waals surface area contributed by atoms with Gasteiger partial charge in [-0.25, -0.2) is 0 Å². The lowest BCUT2D eigenvalue weighted by Crippen LogP contribution is -2.39. The fourth-order valence-electron chi connectivity index (χ4n) is 4.90. The molecule has 1 atom stereocenters. The molecule has 0 spiro atoms. The molecule has 194 valence electrons. The van der Waals surface area contributed by atoms with E-state index in [1.54, 1.807) is 24.3 Å². The van der Waals surface area contributed by atoms with Gasteiger partial charge in [-0.1, -0.05) is 12.1 Å². The Kier molecular flexibility index (Phi) is 7.06. The molecule has 1 N–H and O–H groups in total. The number of non-ortho nitro benzene ring substituents is 1. The smallest absolute Gasteiger partial charge is 0.295 e. The Morgan fingerprint density at radius 2 is 1.76 bits per heavy atom. The van der Waals surface area contributed by atoms with Crippen LogP contribution in [0.25, 0.3) is 5.76 Å². The van der Waals surface area contributed by atoms with Crippen LogP contribution in [-0.4, -0.2) is 84.1 Å². The molecule has 0 bridgehead atoms. The normalized spacial score (nSPS) is 21.3. The number of nitrogens with zero attached hydrogens (tertiary/aromatic N) is 3. The number of ketones is 1. The predicted molar refractivity (Wildman–Crippen MR) is 131 cm³/mol. The number of Topliss-reactive ketones (excluding diaryl/α,β-unsaturated/α-hetero) is 1. The topological polar surface area (TPSA) is 132 Å². The molecule has 0 unspecified atom stereocenters. The standard InChI is InChI=1S/C26H27N3O8/c30-24(18-5-6-20-21(16-18)37-14-13-36-20)22-23(17-3-1-4-19(15-17)29(33)34)28(26(32)25(22)31)8-2-7-27-9-11-35-12-10-27/h1,3-6,15-16,23,30H,2,7-14H2/t23-/m0/s1. The van der Waals surface area contributed by atoms with Gasteiger partial charge in [0.2, 0.25) is 0 Å². The molecule has 37 heavy (non-hydrogen) atoms. The van der Waals surface area contributed by atoms with Crippen molar-refractivity contribution < 1.29 is 33.8 Å². The summed E-state index contributed by atoms with van der Waals surface area (Å²) in [5, 5.41) is 22.7. The van der Waals surface area contributed by atoms with E-state index in [1.165, 1.54) is 23.1 Å². The second-order valence-corrected chi connectivity index (χ2v) is 9.01. The van der Waals surface area contributed by atoms with Crippen molar-refractivity contribution in [3.63, 3.8) is 0 Å². The Morgan fingerprint density at radius 1 is 1.00 bits per heavy atom. The maximum Gasteiger partial charge on any atom is 0.295 e. The minimum Gasteiger partial charge on any atom is -0.507 e. The second-order valence-electron chi connectivity index (χ2n) is 9.01. The molecule has 3 aliphatic heterocycles. The summed E-state index contributed by atoms with van der Waals surface area (Å²) in [6.45, 7) is 4.57. The number of amides is 1. The van der Waals surface area contributed by atoms with E-state index in [9.17, 15) is 24.8 Å². The maximum absolute atomic E-state index is 13.3. The Bertz CT molecular complexity index is 1250. The molecule has 2 saturated heterocycles. The molecule has 3 heterocycles. The van der Waals surface area contributed by atoms with Crippen LogP contribution in [0, 0.1) is 10.1 Å². The van der Waals surface area contributed by atoms with Crippen LogP contribution >= 0.6 is 0 Å². The van der Waals surface area contributed by atoms with Crippen LogP contribution in [0.2, 0.25) is 0 Å². The summed E-state index contributed by atoms with van der Waals surface area (Å²) in [7, 11) is 0. The molecule has 11 nitrogen and oxygen atoms in total. The van der Waals surface area contributed by atoms with Gasteiger partial charge in [0.05, 0.1) is 29.8 Å². The zero-order valence-electron chi connectivity index (χ0n) is 20.1. The molecular weight excluding hydrogens is 482 g/mol. The number of morpholine rings is 1. The van der Waals surface area contributed by atoms with Crippen molar-refractivity contribution in [2.75, 3.05) is 52.6 Å². The van der Waals surface area contributed by atoms with Gasteiger partial charge in [0.15, 0.2) is 11.5 Å². The molecule has 3 aliphatic rings. The van der Waals surface area contributed by atoms with Crippen molar-refractivity contribution >= 4 is 23.1 Å². The van der Waals surface area contributed by atoms with Crippen molar-refractivity contribution in [2.24, 2.45) is 0 Å². The Morgan fingerprint density at radius 3 is 2.51 bits per heavy atom. The summed E-state index contributed by atoms with van der Waals surface area (Å²) < 4.78 is 16.5. The van der Waals surface area contributed by atoms with Gasteiger partial charge in [-0.15, -0.1) is 0 Å². The third-order valence-corrected chi connectivity index (χ3v) is 6.73. The number of rotatable bonds is 7. The van der Waals surface area contributed by atoms with Crippen molar-refractivity contribution in [3.8, 4) is 11.5 Å². The molecule has 2 aromatic rings. The molecule has 5 rings (SSSR count). The number of fused-ring (bicyclic) bond motifs is 1. The average molecular weight is 510 g/mol. The predicted octanol–water partition coefficient (Wildman–Crippen LogP) is 2.51. The van der Waals surface area contributed by atoms with E-state index in [-0.39, 0.29) is 29.1 Å². The summed E-state index contributed by atoms with van der Waals surface area (Å²) in [6, 6.07) is 9.60. The molecule has 2 fully saturated rings. The fraction of sp³-hybridized carbons (Fsp3) is 0.385. The summed E-state index contributed by atoms with van der Waals surface area (Å²) in [4.78, 5) is 41.0. The van der Waals surface area contributed by atoms with E-state index in [0.29, 0.717) is 56.5 Å². The molecule has 0 aromatic heterocycles. The first-order chi connectivity index (χ1) is 17.9. The summed E-state index contributed by atoms with van der Waals surface area (Å²) in [5.41, 5.74) is 0.370. The third-order valence-electron chi connectivity index (χ3n) is 6.73. The number of benzene rings is 2. The molecule has 0 radical (unpaired) electrons. The van der Waals surface area contributed by atoms with Gasteiger partial charge < -0.3 is 24.2 Å². The lowest BCUT2D eigenvalue weighted by Gasteiger charge is -2.29. The van der Waals surface area contributed by atoms with Gasteiger partial charge in [-0.05, 0) is 30.2 Å². The highest BCUT2D eigenvalue weighted by Crippen LogP contribution is 2.41. The number of ether oxygens (including phenoxy) is 3. The van der Waals surface area contributed by atoms with E-state index in [4.69, 9.17) is 14.2 Å². The van der Waals surface area contributed by atoms with E-state index in [2.05, 4.69) is 4.90 Å². The number of carbonyl (C=O) groups is 2. The van der Waals surface area contributed by atoms with Crippen LogP contribution in [0.1, 0.15) is 23.6 Å². The first-order valence-corrected chi connectivity index (χ1v) is 12.2. The largest absolute Gasteiger partial charge is 0.507 e. The monoisotopic (exact) mass is 509 g/mol. The van der Waals surface area contributed by atoms with Gasteiger partial charge in [-0.2, -0.15) is 0 Å². The summed E-state index contributed by atoms with van der Waals surface area (Å²) >= 11 is 0. The van der Waals surface area contributed by atoms with Gasteiger partial charge in [0.25, 0.3) is 17.4 Å². The average Bonchev–Trinajstić information content (AvgIpc) is 3.18. The fourth-order valence-corrected chi connectivity index (χ4v) is 4.90. The second kappa shape index (κ2) is 10.6. The van der Waals surface area contributed by atoms with Crippen molar-refractivity contribution in [1.82, 2.24) is 9.80 Å². The van der Waals surface area contributed by atoms with E-state index in [0.717, 1.165) is 13.1 Å². The molecule has 0 saturated carbocycles. The Labute approximate surface area is 213 Å². The van der Waals surface area contributed by atoms with Crippen molar-refractivity contribution in [3.05, 3.63) is 69.3 Å². The number of nitro groups is 1. The molecule has 1 amide bonds. The molecule has 2 aromatic carbocycles. The highest BCUT2D eigenvalue weighted by molar-refractivity contribution is 6.46. The van der Waals surface area contributed by atoms with Crippen LogP contribution in [0.5, 0.6) is 11.5 Å². The Hall–Kier alpha value is -3.96. The SMILES string of the molecule is O=C1C(=O)N(CCCN2CCOCC2)[C@@H](c2cccc([N+](=O)[O-])c2)C1=C(O)c1ccc2c(c1)OCCO2. The molecular formula is C26H27N3O8. The minimum absolute atomic E-state index is 0.117. The van der Waals surface area contributed by atoms with E-state index in [1.807, 2.05) is 0 Å². The van der Waals surface area contributed by atoms with E-state index < -0.39 is 22.7 Å². The number of hydrogen-bond donors (Lipinski definition) is 1. The lowest BCUT2D eigenvalue weighted by atomic mass is 9.94. The summed E-state index contributed by atoms with van der Waals surface area (Å²) in [5.74, 6) is -1.03. The Balaban J connectivity index is 1.51. The summed E-state index contributed by atoms with van der Waals surface area (Å²) in [6.07, 6.45) is 0.586. The highest BCUT2D eigenvalue weighted by Gasteiger charge is 2.46. The highest BCUT2D eigenvalue weighted by atomic mass is 16.6. The number of aliphatic hydroxyl groups is 1.